The molecule has 0 spiro atoms. The highest BCUT2D eigenvalue weighted by atomic mass is 35.5. The highest BCUT2D eigenvalue weighted by molar-refractivity contribution is 6.30. The van der Waals surface area contributed by atoms with Gasteiger partial charge in [0.2, 0.25) is 5.95 Å². The normalized spacial score (nSPS) is 11.0. The van der Waals surface area contributed by atoms with Gasteiger partial charge in [-0.25, -0.2) is 9.97 Å². The van der Waals surface area contributed by atoms with Crippen molar-refractivity contribution in [3.8, 4) is 11.3 Å². The molecule has 0 aliphatic rings. The van der Waals surface area contributed by atoms with Gasteiger partial charge < -0.3 is 0 Å². The fourth-order valence-electron chi connectivity index (χ4n) is 1.43. The van der Waals surface area contributed by atoms with E-state index in [0.29, 0.717) is 10.6 Å². The summed E-state index contributed by atoms with van der Waals surface area (Å²) in [5, 5.41) is 3.46. The van der Waals surface area contributed by atoms with Crippen LogP contribution in [0, 0.1) is 0 Å². The van der Waals surface area contributed by atoms with Crippen molar-refractivity contribution in [3.63, 3.8) is 0 Å². The molecule has 1 aromatic heterocycles. The number of hydrogen-bond donors (Lipinski definition) is 0. The van der Waals surface area contributed by atoms with E-state index in [1.165, 1.54) is 24.3 Å². The minimum absolute atomic E-state index is 0.00797. The van der Waals surface area contributed by atoms with Crippen LogP contribution in [0.15, 0.2) is 35.4 Å². The first kappa shape index (κ1) is 14.1. The van der Waals surface area contributed by atoms with Gasteiger partial charge in [-0.2, -0.15) is 13.2 Å². The molecule has 0 fully saturated rings. The average molecular weight is 300 g/mol. The van der Waals surface area contributed by atoms with Gasteiger partial charge in [0, 0.05) is 15.5 Å². The lowest BCUT2D eigenvalue weighted by Crippen LogP contribution is -2.08. The lowest BCUT2D eigenvalue weighted by Gasteiger charge is -2.08. The molecule has 1 aromatic carbocycles. The summed E-state index contributed by atoms with van der Waals surface area (Å²) in [6, 6.07) is 6.81. The molecule has 0 atom stereocenters. The minimum Gasteiger partial charge on any atom is -0.227 e. The number of hydrogen-bond acceptors (Lipinski definition) is 3. The SMILES string of the molecule is [N-]=[N+]=Nc1nc(-c2ccc(Cl)cc2)cc(C(F)(F)F)n1. The fourth-order valence-corrected chi connectivity index (χ4v) is 1.56. The van der Waals surface area contributed by atoms with Crippen molar-refractivity contribution in [1.29, 1.82) is 0 Å². The summed E-state index contributed by atoms with van der Waals surface area (Å²) in [4.78, 5) is 9.31. The Balaban J connectivity index is 2.60. The van der Waals surface area contributed by atoms with Crippen LogP contribution in [0.1, 0.15) is 5.69 Å². The van der Waals surface area contributed by atoms with Gasteiger partial charge in [0.05, 0.1) is 5.69 Å². The van der Waals surface area contributed by atoms with Crippen molar-refractivity contribution in [1.82, 2.24) is 9.97 Å². The average Bonchev–Trinajstić information content (AvgIpc) is 2.38. The zero-order valence-corrected chi connectivity index (χ0v) is 10.4. The van der Waals surface area contributed by atoms with E-state index in [4.69, 9.17) is 17.1 Å². The molecule has 1 heterocycles. The highest BCUT2D eigenvalue weighted by Gasteiger charge is 2.33. The number of halogens is 4. The maximum absolute atomic E-state index is 12.7. The summed E-state index contributed by atoms with van der Waals surface area (Å²) in [5.74, 6) is -0.590. The molecule has 0 aliphatic heterocycles. The molecule has 0 amide bonds. The zero-order valence-electron chi connectivity index (χ0n) is 9.63. The second kappa shape index (κ2) is 5.36. The number of aromatic nitrogens is 2. The van der Waals surface area contributed by atoms with Gasteiger partial charge in [0.25, 0.3) is 0 Å². The van der Waals surface area contributed by atoms with Crippen molar-refractivity contribution in [2.45, 2.75) is 6.18 Å². The first-order chi connectivity index (χ1) is 9.40. The van der Waals surface area contributed by atoms with E-state index in [1.807, 2.05) is 0 Å². The van der Waals surface area contributed by atoms with Crippen molar-refractivity contribution in [2.24, 2.45) is 5.11 Å². The molecule has 102 valence electrons. The van der Waals surface area contributed by atoms with Crippen LogP contribution in [0.5, 0.6) is 0 Å². The van der Waals surface area contributed by atoms with Crippen LogP contribution in [-0.2, 0) is 6.18 Å². The van der Waals surface area contributed by atoms with Gasteiger partial charge in [-0.3, -0.25) is 0 Å². The summed E-state index contributed by atoms with van der Waals surface area (Å²) in [7, 11) is 0. The number of rotatable bonds is 2. The van der Waals surface area contributed by atoms with Crippen molar-refractivity contribution >= 4 is 17.5 Å². The molecule has 0 radical (unpaired) electrons. The van der Waals surface area contributed by atoms with E-state index >= 15 is 0 Å². The van der Waals surface area contributed by atoms with Crippen LogP contribution in [0.25, 0.3) is 21.7 Å². The maximum Gasteiger partial charge on any atom is 0.433 e. The number of azide groups is 1. The Morgan fingerprint density at radius 3 is 2.35 bits per heavy atom. The van der Waals surface area contributed by atoms with Crippen molar-refractivity contribution in [3.05, 3.63) is 51.5 Å². The summed E-state index contributed by atoms with van der Waals surface area (Å²) >= 11 is 5.70. The quantitative estimate of drug-likeness (QED) is 0.455. The monoisotopic (exact) mass is 299 g/mol. The second-order valence-electron chi connectivity index (χ2n) is 3.63. The highest BCUT2D eigenvalue weighted by Crippen LogP contribution is 2.31. The summed E-state index contributed by atoms with van der Waals surface area (Å²) in [6.07, 6.45) is -4.66. The molecule has 0 N–H and O–H groups in total. The molecule has 9 heteroatoms. The summed E-state index contributed by atoms with van der Waals surface area (Å²) < 4.78 is 38.2. The molecule has 2 rings (SSSR count). The van der Waals surface area contributed by atoms with E-state index in [0.717, 1.165) is 6.07 Å². The van der Waals surface area contributed by atoms with E-state index in [1.54, 1.807) is 0 Å². The van der Waals surface area contributed by atoms with Crippen molar-refractivity contribution in [2.75, 3.05) is 0 Å². The van der Waals surface area contributed by atoms with Gasteiger partial charge in [0.1, 0.15) is 5.69 Å². The molecule has 0 unspecified atom stereocenters. The largest absolute Gasteiger partial charge is 0.433 e. The van der Waals surface area contributed by atoms with Gasteiger partial charge in [0.15, 0.2) is 0 Å². The third-order valence-electron chi connectivity index (χ3n) is 2.28. The Labute approximate surface area is 115 Å². The zero-order chi connectivity index (χ0) is 14.8. The van der Waals surface area contributed by atoms with Crippen LogP contribution >= 0.6 is 11.6 Å². The molecule has 20 heavy (non-hydrogen) atoms. The van der Waals surface area contributed by atoms with Gasteiger partial charge in [-0.1, -0.05) is 23.7 Å². The molecular formula is C11H5ClF3N5. The minimum atomic E-state index is -4.66. The van der Waals surface area contributed by atoms with Crippen LogP contribution < -0.4 is 0 Å². The van der Waals surface area contributed by atoms with Crippen LogP contribution in [-0.4, -0.2) is 9.97 Å². The Hall–Kier alpha value is -2.31. The molecule has 0 saturated heterocycles. The van der Waals surface area contributed by atoms with E-state index in [-0.39, 0.29) is 5.69 Å². The Morgan fingerprint density at radius 1 is 1.15 bits per heavy atom. The Bertz CT molecular complexity index is 677. The number of nitrogens with zero attached hydrogens (tertiary/aromatic N) is 5. The van der Waals surface area contributed by atoms with E-state index in [2.05, 4.69) is 20.0 Å². The lowest BCUT2D eigenvalue weighted by atomic mass is 10.1. The van der Waals surface area contributed by atoms with Crippen LogP contribution in [0.4, 0.5) is 19.1 Å². The smallest absolute Gasteiger partial charge is 0.227 e. The van der Waals surface area contributed by atoms with Gasteiger partial charge in [-0.05, 0) is 28.8 Å². The topological polar surface area (TPSA) is 74.5 Å². The van der Waals surface area contributed by atoms with Gasteiger partial charge >= 0.3 is 6.18 Å². The third-order valence-corrected chi connectivity index (χ3v) is 2.53. The standard InChI is InChI=1S/C11H5ClF3N5/c12-7-3-1-6(2-4-7)8-5-9(11(13,14)15)18-10(17-8)19-20-16/h1-5H. The molecule has 0 aliphatic carbocycles. The third kappa shape index (κ3) is 3.17. The number of alkyl halides is 3. The van der Waals surface area contributed by atoms with E-state index < -0.39 is 17.8 Å². The molecule has 0 saturated carbocycles. The molecule has 0 bridgehead atoms. The van der Waals surface area contributed by atoms with Crippen molar-refractivity contribution < 1.29 is 13.2 Å². The predicted molar refractivity (Wildman–Crippen MR) is 66.3 cm³/mol. The molecular weight excluding hydrogens is 295 g/mol. The summed E-state index contributed by atoms with van der Waals surface area (Å²) in [6.45, 7) is 0. The Morgan fingerprint density at radius 2 is 1.80 bits per heavy atom. The van der Waals surface area contributed by atoms with Gasteiger partial charge in [-0.15, -0.1) is 0 Å². The first-order valence-electron chi connectivity index (χ1n) is 5.17. The first-order valence-corrected chi connectivity index (χ1v) is 5.55. The Kier molecular flexibility index (Phi) is 3.78. The maximum atomic E-state index is 12.7. The summed E-state index contributed by atoms with van der Waals surface area (Å²) in [5.41, 5.74) is 7.50. The van der Waals surface area contributed by atoms with Crippen LogP contribution in [0.3, 0.4) is 0 Å². The van der Waals surface area contributed by atoms with E-state index in [9.17, 15) is 13.2 Å². The second-order valence-corrected chi connectivity index (χ2v) is 4.07. The molecule has 2 aromatic rings. The predicted octanol–water partition coefficient (Wildman–Crippen LogP) is 4.76. The number of benzene rings is 1. The van der Waals surface area contributed by atoms with Crippen LogP contribution in [0.2, 0.25) is 5.02 Å². The fraction of sp³-hybridized carbons (Fsp3) is 0.0909. The lowest BCUT2D eigenvalue weighted by molar-refractivity contribution is -0.141. The molecule has 5 nitrogen and oxygen atoms in total.